The van der Waals surface area contributed by atoms with E-state index in [1.807, 2.05) is 4.90 Å². The van der Waals surface area contributed by atoms with Gasteiger partial charge in [-0.25, -0.2) is 0 Å². The van der Waals surface area contributed by atoms with Crippen molar-refractivity contribution in [3.63, 3.8) is 0 Å². The smallest absolute Gasteiger partial charge is 0.304 e. The van der Waals surface area contributed by atoms with Crippen molar-refractivity contribution < 1.29 is 4.79 Å². The Hall–Kier alpha value is -1.14. The predicted molar refractivity (Wildman–Crippen MR) is 67.1 cm³/mol. The molecule has 1 aromatic heterocycles. The van der Waals surface area contributed by atoms with Gasteiger partial charge in [-0.3, -0.25) is 9.59 Å². The molecule has 0 radical (unpaired) electrons. The van der Waals surface area contributed by atoms with Gasteiger partial charge in [-0.2, -0.15) is 0 Å². The van der Waals surface area contributed by atoms with Crippen LogP contribution in [0.25, 0.3) is 0 Å². The number of thiazole rings is 1. The minimum atomic E-state index is -0.0517. The Bertz CT molecular complexity index is 420. The molecule has 1 amide bonds. The fraction of sp³-hybridized carbons (Fsp3) is 0.636. The first-order valence-electron chi connectivity index (χ1n) is 5.91. The number of rotatable bonds is 4. The van der Waals surface area contributed by atoms with Crippen molar-refractivity contribution in [2.45, 2.75) is 25.8 Å². The Kier molecular flexibility index (Phi) is 4.33. The summed E-state index contributed by atoms with van der Waals surface area (Å²) < 4.78 is 0. The van der Waals surface area contributed by atoms with Crippen LogP contribution >= 0.6 is 11.3 Å². The number of carbonyl (C=O) groups excluding carboxylic acids is 1. The van der Waals surface area contributed by atoms with Crippen LogP contribution in [0.4, 0.5) is 0 Å². The molecular formula is C11H17N3O2S. The summed E-state index contributed by atoms with van der Waals surface area (Å²) in [6.45, 7) is 2.65. The van der Waals surface area contributed by atoms with E-state index in [4.69, 9.17) is 0 Å². The van der Waals surface area contributed by atoms with Crippen molar-refractivity contribution in [1.29, 1.82) is 0 Å². The van der Waals surface area contributed by atoms with Gasteiger partial charge in [0.05, 0.1) is 6.54 Å². The van der Waals surface area contributed by atoms with Crippen molar-refractivity contribution >= 4 is 17.2 Å². The van der Waals surface area contributed by atoms with Gasteiger partial charge in [0.15, 0.2) is 0 Å². The number of aromatic nitrogens is 1. The molecule has 6 heteroatoms. The number of aromatic amines is 1. The Morgan fingerprint density at radius 2 is 2.18 bits per heavy atom. The van der Waals surface area contributed by atoms with Crippen LogP contribution < -0.4 is 10.2 Å². The molecule has 0 spiro atoms. The van der Waals surface area contributed by atoms with Crippen LogP contribution in [0.2, 0.25) is 0 Å². The molecule has 1 fully saturated rings. The van der Waals surface area contributed by atoms with E-state index in [2.05, 4.69) is 10.3 Å². The van der Waals surface area contributed by atoms with Gasteiger partial charge in [-0.15, -0.1) is 0 Å². The molecule has 2 rings (SSSR count). The third-order valence-electron chi connectivity index (χ3n) is 2.87. The summed E-state index contributed by atoms with van der Waals surface area (Å²) in [4.78, 5) is 27.2. The largest absolute Gasteiger partial charge is 0.342 e. The van der Waals surface area contributed by atoms with E-state index in [9.17, 15) is 9.59 Å². The molecular weight excluding hydrogens is 238 g/mol. The predicted octanol–water partition coefficient (Wildman–Crippen LogP) is 0.538. The Morgan fingerprint density at radius 1 is 1.41 bits per heavy atom. The van der Waals surface area contributed by atoms with Crippen molar-refractivity contribution in [3.8, 4) is 0 Å². The maximum absolute atomic E-state index is 11.8. The summed E-state index contributed by atoms with van der Waals surface area (Å²) in [5.41, 5.74) is 0.839. The topological polar surface area (TPSA) is 65.2 Å². The second-order valence-electron chi connectivity index (χ2n) is 4.22. The molecule has 1 aliphatic rings. The van der Waals surface area contributed by atoms with Crippen molar-refractivity contribution in [3.05, 3.63) is 20.7 Å². The van der Waals surface area contributed by atoms with Crippen LogP contribution in [0, 0.1) is 0 Å². The third-order valence-corrected chi connectivity index (χ3v) is 3.59. The molecule has 0 saturated carbocycles. The van der Waals surface area contributed by atoms with Crippen LogP contribution in [0.3, 0.4) is 0 Å². The van der Waals surface area contributed by atoms with Crippen LogP contribution in [-0.2, 0) is 11.3 Å². The van der Waals surface area contributed by atoms with E-state index in [1.165, 1.54) is 6.42 Å². The third kappa shape index (κ3) is 3.67. The second kappa shape index (κ2) is 5.97. The van der Waals surface area contributed by atoms with Gasteiger partial charge in [0, 0.05) is 30.7 Å². The first kappa shape index (κ1) is 12.3. The van der Waals surface area contributed by atoms with Gasteiger partial charge in [0.2, 0.25) is 5.91 Å². The monoisotopic (exact) mass is 255 g/mol. The zero-order valence-corrected chi connectivity index (χ0v) is 10.5. The van der Waals surface area contributed by atoms with E-state index in [0.29, 0.717) is 13.1 Å². The summed E-state index contributed by atoms with van der Waals surface area (Å²) in [6.07, 6.45) is 3.46. The molecule has 2 N–H and O–H groups in total. The summed E-state index contributed by atoms with van der Waals surface area (Å²) in [5.74, 6) is 0.155. The van der Waals surface area contributed by atoms with Crippen LogP contribution in [0.15, 0.2) is 10.2 Å². The molecule has 0 atom stereocenters. The number of hydrogen-bond acceptors (Lipinski definition) is 4. The van der Waals surface area contributed by atoms with Crippen LogP contribution in [-0.4, -0.2) is 35.4 Å². The van der Waals surface area contributed by atoms with Gasteiger partial charge in [0.1, 0.15) is 0 Å². The molecule has 1 saturated heterocycles. The van der Waals surface area contributed by atoms with Gasteiger partial charge < -0.3 is 15.2 Å². The minimum absolute atomic E-state index is 0.0517. The summed E-state index contributed by atoms with van der Waals surface area (Å²) in [7, 11) is 0. The molecule has 1 aromatic rings. The minimum Gasteiger partial charge on any atom is -0.342 e. The standard InChI is InChI=1S/C11H17N3O2S/c15-10(14-4-2-1-3-5-14)7-12-6-9-8-17-11(16)13-9/h8,12H,1-7H2,(H,13,16). The van der Waals surface area contributed by atoms with Crippen LogP contribution in [0.5, 0.6) is 0 Å². The lowest BCUT2D eigenvalue weighted by atomic mass is 10.1. The first-order valence-corrected chi connectivity index (χ1v) is 6.79. The lowest BCUT2D eigenvalue weighted by molar-refractivity contribution is -0.131. The van der Waals surface area contributed by atoms with E-state index in [1.54, 1.807) is 5.38 Å². The number of H-pyrrole nitrogens is 1. The van der Waals surface area contributed by atoms with E-state index in [-0.39, 0.29) is 10.8 Å². The fourth-order valence-electron chi connectivity index (χ4n) is 1.96. The lowest BCUT2D eigenvalue weighted by Gasteiger charge is -2.26. The SMILES string of the molecule is O=C(CNCc1csc(=O)[nH]1)N1CCCCC1. The number of amides is 1. The fourth-order valence-corrected chi connectivity index (χ4v) is 2.54. The van der Waals surface area contributed by atoms with Crippen molar-refractivity contribution in [1.82, 2.24) is 15.2 Å². The molecule has 0 bridgehead atoms. The molecule has 1 aliphatic heterocycles. The maximum Gasteiger partial charge on any atom is 0.304 e. The Morgan fingerprint density at radius 3 is 2.82 bits per heavy atom. The highest BCUT2D eigenvalue weighted by Gasteiger charge is 2.15. The zero-order chi connectivity index (χ0) is 12.1. The molecule has 94 valence electrons. The van der Waals surface area contributed by atoms with Crippen LogP contribution in [0.1, 0.15) is 25.0 Å². The molecule has 0 unspecified atom stereocenters. The van der Waals surface area contributed by atoms with Crippen molar-refractivity contribution in [2.24, 2.45) is 0 Å². The van der Waals surface area contributed by atoms with E-state index >= 15 is 0 Å². The van der Waals surface area contributed by atoms with Gasteiger partial charge in [-0.05, 0) is 19.3 Å². The average Bonchev–Trinajstić information content (AvgIpc) is 2.76. The molecule has 2 heterocycles. The summed E-state index contributed by atoms with van der Waals surface area (Å²) in [6, 6.07) is 0. The molecule has 0 aromatic carbocycles. The summed E-state index contributed by atoms with van der Waals surface area (Å²) in [5, 5.41) is 4.84. The van der Waals surface area contributed by atoms with Gasteiger partial charge in [-0.1, -0.05) is 11.3 Å². The Labute approximate surface area is 104 Å². The Balaban J connectivity index is 1.70. The zero-order valence-electron chi connectivity index (χ0n) is 9.70. The number of nitrogens with zero attached hydrogens (tertiary/aromatic N) is 1. The number of hydrogen-bond donors (Lipinski definition) is 2. The van der Waals surface area contributed by atoms with Gasteiger partial charge in [0.25, 0.3) is 0 Å². The molecule has 17 heavy (non-hydrogen) atoms. The second-order valence-corrected chi connectivity index (χ2v) is 5.06. The number of likely N-dealkylation sites (tertiary alicyclic amines) is 1. The highest BCUT2D eigenvalue weighted by Crippen LogP contribution is 2.08. The average molecular weight is 255 g/mol. The highest BCUT2D eigenvalue weighted by molar-refractivity contribution is 7.07. The normalized spacial score (nSPS) is 16.1. The van der Waals surface area contributed by atoms with Gasteiger partial charge >= 0.3 is 4.87 Å². The van der Waals surface area contributed by atoms with Crippen molar-refractivity contribution in [2.75, 3.05) is 19.6 Å². The first-order chi connectivity index (χ1) is 8.25. The van der Waals surface area contributed by atoms with E-state index in [0.717, 1.165) is 43.0 Å². The lowest BCUT2D eigenvalue weighted by Crippen LogP contribution is -2.41. The maximum atomic E-state index is 11.8. The van der Waals surface area contributed by atoms with E-state index < -0.39 is 0 Å². The quantitative estimate of drug-likeness (QED) is 0.825. The molecule has 5 nitrogen and oxygen atoms in total. The number of piperidine rings is 1. The number of carbonyl (C=O) groups is 1. The highest BCUT2D eigenvalue weighted by atomic mass is 32.1. The number of nitrogens with one attached hydrogen (secondary N) is 2. The summed E-state index contributed by atoms with van der Waals surface area (Å²) >= 11 is 1.14. The molecule has 0 aliphatic carbocycles.